The molecule has 0 bridgehead atoms. The largest absolute Gasteiger partial charge is 0.426 e. The molecule has 8 nitrogen and oxygen atoms in total. The zero-order chi connectivity index (χ0) is 18.2. The van der Waals surface area contributed by atoms with Gasteiger partial charge in [0.2, 0.25) is 0 Å². The van der Waals surface area contributed by atoms with E-state index in [2.05, 4.69) is 27.7 Å². The number of anilines is 2. The smallest absolute Gasteiger partial charge is 0.308 e. The van der Waals surface area contributed by atoms with Crippen LogP contribution in [-0.4, -0.2) is 23.4 Å². The van der Waals surface area contributed by atoms with Crippen molar-refractivity contribution in [2.45, 2.75) is 26.7 Å². The molecule has 1 aromatic carbocycles. The van der Waals surface area contributed by atoms with Crippen LogP contribution >= 0.6 is 11.3 Å². The molecule has 25 heavy (non-hydrogen) atoms. The minimum atomic E-state index is -0.526. The molecule has 1 aromatic heterocycles. The number of aromatic nitrogens is 1. The summed E-state index contributed by atoms with van der Waals surface area (Å²) in [5, 5.41) is 8.93. The number of nitroso groups, excluding NO2 is 1. The van der Waals surface area contributed by atoms with E-state index in [9.17, 15) is 14.5 Å². The lowest BCUT2D eigenvalue weighted by Gasteiger charge is -2.12. The lowest BCUT2D eigenvalue weighted by molar-refractivity contribution is -0.131. The van der Waals surface area contributed by atoms with Crippen LogP contribution in [0.4, 0.5) is 15.8 Å². The van der Waals surface area contributed by atoms with Crippen molar-refractivity contribution in [3.63, 3.8) is 0 Å². The predicted octanol–water partition coefficient (Wildman–Crippen LogP) is 3.93. The Morgan fingerprint density at radius 1 is 1.36 bits per heavy atom. The monoisotopic (exact) mass is 362 g/mol. The van der Waals surface area contributed by atoms with Crippen molar-refractivity contribution in [3.05, 3.63) is 34.9 Å². The summed E-state index contributed by atoms with van der Waals surface area (Å²) in [5.41, 5.74) is 0.927. The molecule has 1 heterocycles. The van der Waals surface area contributed by atoms with E-state index < -0.39 is 11.9 Å². The molecule has 9 heteroatoms. The highest BCUT2D eigenvalue weighted by Crippen LogP contribution is 2.28. The maximum absolute atomic E-state index is 12.5. The van der Waals surface area contributed by atoms with Crippen LogP contribution in [-0.2, 0) is 4.79 Å². The van der Waals surface area contributed by atoms with Crippen LogP contribution < -0.4 is 15.4 Å². The quantitative estimate of drug-likeness (QED) is 0.319. The number of unbranched alkanes of at least 4 members (excludes halogenated alkanes) is 1. The average molecular weight is 362 g/mol. The molecule has 1 amide bonds. The molecule has 0 aliphatic heterocycles. The number of esters is 1. The maximum atomic E-state index is 12.5. The van der Waals surface area contributed by atoms with Gasteiger partial charge in [0.05, 0.1) is 11.8 Å². The lowest BCUT2D eigenvalue weighted by Crippen LogP contribution is -2.15. The zero-order valence-corrected chi connectivity index (χ0v) is 14.7. The van der Waals surface area contributed by atoms with Gasteiger partial charge >= 0.3 is 5.97 Å². The number of ether oxygens (including phenoxy) is 1. The number of carbonyl (C=O) groups excluding carboxylic acids is 2. The standard InChI is InChI=1S/C16H18N4O4S/c1-3-4-7-17-11-5-6-13(24-10(2)21)12(8-11)15(22)19-16-18-9-14(20-23)25-16/h5-6,8-9,17H,3-4,7H2,1-2H3,(H,18,19,22). The van der Waals surface area contributed by atoms with Crippen LogP contribution in [0, 0.1) is 4.91 Å². The number of hydrogen-bond donors (Lipinski definition) is 2. The number of hydrogen-bond acceptors (Lipinski definition) is 8. The predicted molar refractivity (Wildman–Crippen MR) is 96.7 cm³/mol. The van der Waals surface area contributed by atoms with Gasteiger partial charge < -0.3 is 10.1 Å². The molecule has 0 aliphatic carbocycles. The molecule has 0 saturated heterocycles. The number of rotatable bonds is 8. The Hall–Kier alpha value is -2.81. The number of nitrogens with one attached hydrogen (secondary N) is 2. The Kier molecular flexibility index (Phi) is 6.58. The van der Waals surface area contributed by atoms with Gasteiger partial charge in [-0.3, -0.25) is 14.9 Å². The molecule has 0 fully saturated rings. The second-order valence-electron chi connectivity index (χ2n) is 5.13. The van der Waals surface area contributed by atoms with Gasteiger partial charge in [0.1, 0.15) is 5.75 Å². The van der Waals surface area contributed by atoms with E-state index in [-0.39, 0.29) is 21.4 Å². The van der Waals surface area contributed by atoms with E-state index >= 15 is 0 Å². The van der Waals surface area contributed by atoms with Crippen molar-refractivity contribution in [1.29, 1.82) is 0 Å². The van der Waals surface area contributed by atoms with Gasteiger partial charge in [-0.1, -0.05) is 24.7 Å². The van der Waals surface area contributed by atoms with E-state index in [1.165, 1.54) is 13.1 Å². The van der Waals surface area contributed by atoms with Crippen LogP contribution in [0.1, 0.15) is 37.0 Å². The number of carbonyl (C=O) groups is 2. The third kappa shape index (κ3) is 5.35. The molecular weight excluding hydrogens is 344 g/mol. The Balaban J connectivity index is 2.23. The first-order valence-corrected chi connectivity index (χ1v) is 8.52. The van der Waals surface area contributed by atoms with Crippen LogP contribution in [0.2, 0.25) is 0 Å². The van der Waals surface area contributed by atoms with E-state index in [4.69, 9.17) is 4.74 Å². The highest BCUT2D eigenvalue weighted by atomic mass is 32.1. The highest BCUT2D eigenvalue weighted by Gasteiger charge is 2.17. The topological polar surface area (TPSA) is 110 Å². The molecule has 0 unspecified atom stereocenters. The van der Waals surface area contributed by atoms with Crippen molar-refractivity contribution >= 4 is 39.0 Å². The first-order chi connectivity index (χ1) is 12.0. The van der Waals surface area contributed by atoms with Crippen LogP contribution in [0.5, 0.6) is 5.75 Å². The molecule has 2 rings (SSSR count). The van der Waals surface area contributed by atoms with Crippen molar-refractivity contribution in [2.24, 2.45) is 5.18 Å². The number of thiazole rings is 1. The fourth-order valence-corrected chi connectivity index (χ4v) is 2.59. The third-order valence-electron chi connectivity index (χ3n) is 3.14. The summed E-state index contributed by atoms with van der Waals surface area (Å²) >= 11 is 0.951. The Bertz CT molecular complexity index is 775. The lowest BCUT2D eigenvalue weighted by atomic mass is 10.1. The van der Waals surface area contributed by atoms with E-state index in [1.54, 1.807) is 18.2 Å². The molecule has 0 spiro atoms. The van der Waals surface area contributed by atoms with Gasteiger partial charge in [0.15, 0.2) is 10.1 Å². The maximum Gasteiger partial charge on any atom is 0.308 e. The van der Waals surface area contributed by atoms with Gasteiger partial charge in [-0.25, -0.2) is 4.98 Å². The molecule has 0 atom stereocenters. The van der Waals surface area contributed by atoms with Gasteiger partial charge in [-0.15, -0.1) is 4.91 Å². The summed E-state index contributed by atoms with van der Waals surface area (Å²) in [4.78, 5) is 38.1. The minimum Gasteiger partial charge on any atom is -0.426 e. The second-order valence-corrected chi connectivity index (χ2v) is 6.14. The van der Waals surface area contributed by atoms with Gasteiger partial charge in [-0.2, -0.15) is 0 Å². The molecular formula is C16H18N4O4S. The molecule has 0 saturated carbocycles. The van der Waals surface area contributed by atoms with Crippen molar-refractivity contribution in [1.82, 2.24) is 4.98 Å². The normalized spacial score (nSPS) is 10.2. The van der Waals surface area contributed by atoms with Crippen LogP contribution in [0.3, 0.4) is 0 Å². The fourth-order valence-electron chi connectivity index (χ4n) is 2.00. The molecule has 0 radical (unpaired) electrons. The summed E-state index contributed by atoms with van der Waals surface area (Å²) in [5.74, 6) is -0.874. The number of nitrogens with zero attached hydrogens (tertiary/aromatic N) is 2. The summed E-state index contributed by atoms with van der Waals surface area (Å²) in [7, 11) is 0. The Morgan fingerprint density at radius 3 is 2.80 bits per heavy atom. The molecule has 2 aromatic rings. The average Bonchev–Trinajstić information content (AvgIpc) is 3.03. The zero-order valence-electron chi connectivity index (χ0n) is 13.9. The molecule has 0 aliphatic rings. The van der Waals surface area contributed by atoms with Crippen molar-refractivity contribution < 1.29 is 14.3 Å². The first-order valence-electron chi connectivity index (χ1n) is 7.70. The van der Waals surface area contributed by atoms with E-state index in [1.807, 2.05) is 0 Å². The summed E-state index contributed by atoms with van der Waals surface area (Å²) < 4.78 is 5.10. The summed E-state index contributed by atoms with van der Waals surface area (Å²) in [6.07, 6.45) is 3.31. The summed E-state index contributed by atoms with van der Waals surface area (Å²) in [6, 6.07) is 4.91. The van der Waals surface area contributed by atoms with E-state index in [0.29, 0.717) is 0 Å². The third-order valence-corrected chi connectivity index (χ3v) is 3.93. The second kappa shape index (κ2) is 8.88. The van der Waals surface area contributed by atoms with Crippen molar-refractivity contribution in [3.8, 4) is 5.75 Å². The minimum absolute atomic E-state index is 0.149. The molecule has 132 valence electrons. The highest BCUT2D eigenvalue weighted by molar-refractivity contribution is 7.19. The van der Waals surface area contributed by atoms with E-state index in [0.717, 1.165) is 36.4 Å². The first kappa shape index (κ1) is 18.5. The van der Waals surface area contributed by atoms with Crippen molar-refractivity contribution in [2.75, 3.05) is 17.2 Å². The van der Waals surface area contributed by atoms with Crippen LogP contribution in [0.25, 0.3) is 0 Å². The Morgan fingerprint density at radius 2 is 2.16 bits per heavy atom. The molecule has 2 N–H and O–H groups in total. The fraction of sp³-hybridized carbons (Fsp3) is 0.312. The summed E-state index contributed by atoms with van der Waals surface area (Å²) in [6.45, 7) is 4.12. The van der Waals surface area contributed by atoms with Gasteiger partial charge in [0.25, 0.3) is 5.91 Å². The number of amides is 1. The van der Waals surface area contributed by atoms with Crippen LogP contribution in [0.15, 0.2) is 29.6 Å². The van der Waals surface area contributed by atoms with Gasteiger partial charge in [0, 0.05) is 19.2 Å². The Labute approximate surface area is 148 Å². The SMILES string of the molecule is CCCCNc1ccc(OC(C)=O)c(C(=O)Nc2ncc(N=O)s2)c1. The number of benzene rings is 1. The van der Waals surface area contributed by atoms with Gasteiger partial charge in [-0.05, 0) is 29.8 Å².